The van der Waals surface area contributed by atoms with E-state index in [2.05, 4.69) is 86.0 Å². The van der Waals surface area contributed by atoms with Crippen LogP contribution >= 0.6 is 0 Å². The van der Waals surface area contributed by atoms with E-state index < -0.39 is 0 Å². The summed E-state index contributed by atoms with van der Waals surface area (Å²) >= 11 is 0. The minimum absolute atomic E-state index is 0.126. The van der Waals surface area contributed by atoms with Gasteiger partial charge in [-0.3, -0.25) is 0 Å². The number of aromatic nitrogens is 2. The molecule has 0 amide bonds. The van der Waals surface area contributed by atoms with E-state index in [9.17, 15) is 0 Å². The third-order valence-electron chi connectivity index (χ3n) is 6.36. The molecular formula is C31H32N2O2. The van der Waals surface area contributed by atoms with Crippen LogP contribution in [0, 0.1) is 0 Å². The van der Waals surface area contributed by atoms with E-state index in [-0.39, 0.29) is 5.41 Å². The lowest BCUT2D eigenvalue weighted by Gasteiger charge is -2.19. The van der Waals surface area contributed by atoms with Crippen molar-refractivity contribution >= 4 is 21.8 Å². The van der Waals surface area contributed by atoms with E-state index in [1.165, 1.54) is 10.9 Å². The molecule has 4 nitrogen and oxygen atoms in total. The third-order valence-corrected chi connectivity index (χ3v) is 6.36. The first-order valence-electron chi connectivity index (χ1n) is 12.3. The summed E-state index contributed by atoms with van der Waals surface area (Å²) < 4.78 is 14.6. The topological polar surface area (TPSA) is 36.3 Å². The zero-order valence-electron chi connectivity index (χ0n) is 20.7. The van der Waals surface area contributed by atoms with Crippen LogP contribution in [0.2, 0.25) is 0 Å². The van der Waals surface area contributed by atoms with E-state index >= 15 is 0 Å². The van der Waals surface area contributed by atoms with Crippen molar-refractivity contribution in [3.63, 3.8) is 0 Å². The maximum absolute atomic E-state index is 6.17. The second-order valence-electron chi connectivity index (χ2n) is 9.91. The quantitative estimate of drug-likeness (QED) is 0.223. The first kappa shape index (κ1) is 23.0. The van der Waals surface area contributed by atoms with Crippen molar-refractivity contribution in [1.82, 2.24) is 9.55 Å². The highest BCUT2D eigenvalue weighted by atomic mass is 16.5. The molecule has 0 aliphatic carbocycles. The predicted molar refractivity (Wildman–Crippen MR) is 143 cm³/mol. The van der Waals surface area contributed by atoms with E-state index in [4.69, 9.17) is 14.5 Å². The van der Waals surface area contributed by atoms with Gasteiger partial charge in [0.25, 0.3) is 0 Å². The second kappa shape index (κ2) is 9.83. The zero-order chi connectivity index (χ0) is 24.3. The van der Waals surface area contributed by atoms with Crippen LogP contribution in [0.4, 0.5) is 0 Å². The molecule has 0 atom stereocenters. The fraction of sp³-hybridized carbons (Fsp3) is 0.258. The maximum Gasteiger partial charge on any atom is 0.147 e. The van der Waals surface area contributed by atoms with Gasteiger partial charge in [0.1, 0.15) is 23.9 Å². The number of rotatable bonds is 8. The van der Waals surface area contributed by atoms with Crippen LogP contribution in [0.25, 0.3) is 21.8 Å². The Hall–Kier alpha value is -3.79. The normalized spacial score (nSPS) is 11.7. The van der Waals surface area contributed by atoms with Crippen molar-refractivity contribution in [2.45, 2.75) is 45.8 Å². The average Bonchev–Trinajstić information content (AvgIpc) is 3.22. The smallest absolute Gasteiger partial charge is 0.147 e. The summed E-state index contributed by atoms with van der Waals surface area (Å²) in [7, 11) is 0. The first-order valence-corrected chi connectivity index (χ1v) is 12.3. The fourth-order valence-electron chi connectivity index (χ4n) is 4.41. The lowest BCUT2D eigenvalue weighted by molar-refractivity contribution is 0.281. The van der Waals surface area contributed by atoms with Crippen molar-refractivity contribution in [2.75, 3.05) is 6.61 Å². The Morgan fingerprint density at radius 3 is 2.34 bits per heavy atom. The minimum atomic E-state index is 0.126. The molecule has 0 aliphatic heterocycles. The van der Waals surface area contributed by atoms with Crippen molar-refractivity contribution in [1.29, 1.82) is 0 Å². The Morgan fingerprint density at radius 2 is 1.51 bits per heavy atom. The summed E-state index contributed by atoms with van der Waals surface area (Å²) in [5.74, 6) is 2.72. The van der Waals surface area contributed by atoms with Crippen LogP contribution < -0.4 is 9.47 Å². The van der Waals surface area contributed by atoms with Gasteiger partial charge in [-0.25, -0.2) is 4.98 Å². The average molecular weight is 465 g/mol. The first-order chi connectivity index (χ1) is 17.0. The summed E-state index contributed by atoms with van der Waals surface area (Å²) in [6.07, 6.45) is 0.872. The van der Waals surface area contributed by atoms with Crippen LogP contribution in [0.15, 0.2) is 91.0 Å². The summed E-state index contributed by atoms with van der Waals surface area (Å²) in [6, 6.07) is 31.2. The lowest BCUT2D eigenvalue weighted by atomic mass is 9.87. The van der Waals surface area contributed by atoms with E-state index in [0.29, 0.717) is 13.2 Å². The minimum Gasteiger partial charge on any atom is -0.493 e. The van der Waals surface area contributed by atoms with Crippen LogP contribution in [0.1, 0.15) is 38.6 Å². The van der Waals surface area contributed by atoms with Crippen molar-refractivity contribution in [3.05, 3.63) is 102 Å². The predicted octanol–water partition coefficient (Wildman–Crippen LogP) is 7.54. The zero-order valence-corrected chi connectivity index (χ0v) is 20.7. The molecule has 0 saturated heterocycles. The van der Waals surface area contributed by atoms with E-state index in [1.54, 1.807) is 0 Å². The molecule has 5 rings (SSSR count). The van der Waals surface area contributed by atoms with Gasteiger partial charge in [-0.15, -0.1) is 0 Å². The van der Waals surface area contributed by atoms with Gasteiger partial charge in [0.15, 0.2) is 0 Å². The van der Waals surface area contributed by atoms with Crippen LogP contribution in [0.5, 0.6) is 11.5 Å². The number of nitrogens with zero attached hydrogens (tertiary/aromatic N) is 2. The molecule has 35 heavy (non-hydrogen) atoms. The number of hydrogen-bond acceptors (Lipinski definition) is 3. The molecule has 0 spiro atoms. The highest BCUT2D eigenvalue weighted by Crippen LogP contribution is 2.26. The Kier molecular flexibility index (Phi) is 6.45. The number of ether oxygens (including phenoxy) is 2. The molecule has 0 aliphatic rings. The number of benzene rings is 4. The SMILES string of the molecule is CC(C)(C)c1ccc(OCc2nc3ccccc3n2CCCOc2cccc3ccccc23)cc1. The Morgan fingerprint density at radius 1 is 0.771 bits per heavy atom. The molecule has 0 N–H and O–H groups in total. The number of para-hydroxylation sites is 2. The molecule has 0 saturated carbocycles. The molecular weight excluding hydrogens is 432 g/mol. The Balaban J connectivity index is 1.27. The number of hydrogen-bond donors (Lipinski definition) is 0. The molecule has 0 radical (unpaired) electrons. The summed E-state index contributed by atoms with van der Waals surface area (Å²) in [4.78, 5) is 4.86. The molecule has 178 valence electrons. The Labute approximate surface area is 207 Å². The van der Waals surface area contributed by atoms with Crippen LogP contribution in [-0.2, 0) is 18.6 Å². The fourth-order valence-corrected chi connectivity index (χ4v) is 4.41. The van der Waals surface area contributed by atoms with Crippen molar-refractivity contribution < 1.29 is 9.47 Å². The molecule has 1 aromatic heterocycles. The largest absolute Gasteiger partial charge is 0.493 e. The molecule has 4 heteroatoms. The molecule has 5 aromatic rings. The van der Waals surface area contributed by atoms with Gasteiger partial charge in [-0.05, 0) is 53.1 Å². The second-order valence-corrected chi connectivity index (χ2v) is 9.91. The summed E-state index contributed by atoms with van der Waals surface area (Å²) in [6.45, 7) is 8.52. The van der Waals surface area contributed by atoms with Gasteiger partial charge in [0.05, 0.1) is 17.6 Å². The standard InChI is InChI=1S/C31H32N2O2/c1-31(2,3)24-16-18-25(19-17-24)35-22-30-32-27-13-6-7-14-28(27)33(30)20-9-21-34-29-15-8-11-23-10-4-5-12-26(23)29/h4-8,10-19H,9,20-22H2,1-3H3. The van der Waals surface area contributed by atoms with Crippen molar-refractivity contribution in [3.8, 4) is 11.5 Å². The lowest BCUT2D eigenvalue weighted by Crippen LogP contribution is -2.11. The van der Waals surface area contributed by atoms with Crippen LogP contribution in [-0.4, -0.2) is 16.2 Å². The summed E-state index contributed by atoms with van der Waals surface area (Å²) in [5, 5.41) is 2.34. The van der Waals surface area contributed by atoms with Gasteiger partial charge in [0.2, 0.25) is 0 Å². The number of imidazole rings is 1. The van der Waals surface area contributed by atoms with Gasteiger partial charge in [0, 0.05) is 11.9 Å². The monoisotopic (exact) mass is 464 g/mol. The number of aryl methyl sites for hydroxylation is 1. The van der Waals surface area contributed by atoms with Crippen LogP contribution in [0.3, 0.4) is 0 Å². The highest BCUT2D eigenvalue weighted by Gasteiger charge is 2.14. The molecule has 0 bridgehead atoms. The maximum atomic E-state index is 6.17. The molecule has 4 aromatic carbocycles. The molecule has 0 fully saturated rings. The number of fused-ring (bicyclic) bond motifs is 2. The van der Waals surface area contributed by atoms with E-state index in [1.807, 2.05) is 30.3 Å². The third kappa shape index (κ3) is 5.17. The molecule has 0 unspecified atom stereocenters. The van der Waals surface area contributed by atoms with E-state index in [0.717, 1.165) is 46.7 Å². The van der Waals surface area contributed by atoms with Gasteiger partial charge in [-0.1, -0.05) is 81.4 Å². The van der Waals surface area contributed by atoms with Gasteiger partial charge in [-0.2, -0.15) is 0 Å². The molecule has 1 heterocycles. The Bertz CT molecular complexity index is 1420. The summed E-state index contributed by atoms with van der Waals surface area (Å²) in [5.41, 5.74) is 3.53. The van der Waals surface area contributed by atoms with Gasteiger partial charge < -0.3 is 14.0 Å². The highest BCUT2D eigenvalue weighted by molar-refractivity contribution is 5.88. The van der Waals surface area contributed by atoms with Crippen molar-refractivity contribution in [2.24, 2.45) is 0 Å². The van der Waals surface area contributed by atoms with Gasteiger partial charge >= 0.3 is 0 Å².